The number of benzene rings is 2. The molecule has 0 fully saturated rings. The zero-order chi connectivity index (χ0) is 17.2. The Hall–Kier alpha value is -1.55. The topological polar surface area (TPSA) is 0 Å². The van der Waals surface area contributed by atoms with E-state index in [9.17, 15) is 0 Å². The summed E-state index contributed by atoms with van der Waals surface area (Å²) in [4.78, 5) is 5.45. The molecule has 0 N–H and O–H groups in total. The highest BCUT2D eigenvalue weighted by atomic mass is 32.2. The predicted octanol–water partition coefficient (Wildman–Crippen LogP) is 7.76. The lowest BCUT2D eigenvalue weighted by atomic mass is 10.1. The smallest absolute Gasteiger partial charge is 0.0565 e. The average Bonchev–Trinajstić information content (AvgIpc) is 3.02. The van der Waals surface area contributed by atoms with Gasteiger partial charge in [0.15, 0.2) is 0 Å². The summed E-state index contributed by atoms with van der Waals surface area (Å²) in [6.07, 6.45) is 4.68. The summed E-state index contributed by atoms with van der Waals surface area (Å²) in [6.45, 7) is 4.42. The normalized spacial score (nSPS) is 17.7. The highest BCUT2D eigenvalue weighted by Gasteiger charge is 2.21. The zero-order valence-electron chi connectivity index (χ0n) is 14.2. The highest BCUT2D eigenvalue weighted by molar-refractivity contribution is 8.28. The maximum atomic E-state index is 2.34. The van der Waals surface area contributed by atoms with E-state index >= 15 is 0 Å². The van der Waals surface area contributed by atoms with E-state index in [1.165, 1.54) is 40.6 Å². The fourth-order valence-electron chi connectivity index (χ4n) is 2.67. The van der Waals surface area contributed by atoms with Crippen molar-refractivity contribution in [2.45, 2.75) is 13.8 Å². The second-order valence-electron chi connectivity index (χ2n) is 5.91. The second-order valence-corrected chi connectivity index (χ2v) is 9.70. The third-order valence-electron chi connectivity index (χ3n) is 4.13. The Morgan fingerprint density at radius 1 is 0.560 bits per heavy atom. The van der Waals surface area contributed by atoms with Crippen LogP contribution in [0.2, 0.25) is 0 Å². The number of thioether (sulfide) groups is 3. The summed E-state index contributed by atoms with van der Waals surface area (Å²) in [7, 11) is 0. The quantitative estimate of drug-likeness (QED) is 0.524. The molecule has 2 aliphatic heterocycles. The largest absolute Gasteiger partial charge is 0.0888 e. The molecule has 0 nitrogen and oxygen atoms in total. The van der Waals surface area contributed by atoms with Crippen LogP contribution < -0.4 is 0 Å². The van der Waals surface area contributed by atoms with Crippen LogP contribution in [0.4, 0.5) is 0 Å². The van der Waals surface area contributed by atoms with Crippen molar-refractivity contribution < 1.29 is 0 Å². The molecule has 0 aromatic heterocycles. The summed E-state index contributed by atoms with van der Waals surface area (Å²) in [5.74, 6) is 0. The molecule has 4 rings (SSSR count). The van der Waals surface area contributed by atoms with Crippen molar-refractivity contribution in [2.75, 3.05) is 0 Å². The van der Waals surface area contributed by atoms with Gasteiger partial charge in [0.05, 0.1) is 4.24 Å². The lowest BCUT2D eigenvalue weighted by Gasteiger charge is -2.18. The first kappa shape index (κ1) is 16.9. The van der Waals surface area contributed by atoms with Crippen molar-refractivity contribution >= 4 is 45.1 Å². The van der Waals surface area contributed by atoms with Gasteiger partial charge in [-0.05, 0) is 52.5 Å². The van der Waals surface area contributed by atoms with Crippen molar-refractivity contribution in [3.8, 4) is 0 Å². The molecule has 0 atom stereocenters. The summed E-state index contributed by atoms with van der Waals surface area (Å²) in [6, 6.07) is 21.4. The fourth-order valence-corrected chi connectivity index (χ4v) is 6.27. The van der Waals surface area contributed by atoms with E-state index in [0.717, 1.165) is 0 Å². The van der Waals surface area contributed by atoms with Crippen LogP contribution in [0.3, 0.4) is 0 Å². The number of rotatable bonds is 2. The summed E-state index contributed by atoms with van der Waals surface area (Å²) in [5.41, 5.74) is 3.88. The molecule has 0 saturated carbocycles. The molecule has 0 radical (unpaired) electrons. The molecular formula is C22H18S3. The first-order valence-corrected chi connectivity index (χ1v) is 10.7. The molecule has 2 aliphatic rings. The van der Waals surface area contributed by atoms with E-state index in [4.69, 9.17) is 0 Å². The van der Waals surface area contributed by atoms with Gasteiger partial charge >= 0.3 is 0 Å². The zero-order valence-corrected chi connectivity index (χ0v) is 16.6. The standard InChI is InChI=1S/C22H18S3/c1-15-16(2)24-22(23-15)19-13-20(17-9-5-3-6-10-17)25-21(14-19)18-11-7-4-8-12-18/h3-14H,1-2H3. The summed E-state index contributed by atoms with van der Waals surface area (Å²) in [5, 5.41) is 0. The summed E-state index contributed by atoms with van der Waals surface area (Å²) >= 11 is 5.65. The highest BCUT2D eigenvalue weighted by Crippen LogP contribution is 2.53. The van der Waals surface area contributed by atoms with E-state index in [1.807, 2.05) is 35.3 Å². The molecule has 0 saturated heterocycles. The first-order chi connectivity index (χ1) is 12.2. The van der Waals surface area contributed by atoms with Gasteiger partial charge in [-0.15, -0.1) is 0 Å². The van der Waals surface area contributed by atoms with Crippen molar-refractivity contribution in [3.63, 3.8) is 0 Å². The molecule has 0 aliphatic carbocycles. The first-order valence-electron chi connectivity index (χ1n) is 8.20. The molecule has 0 amide bonds. The molecule has 2 aromatic rings. The van der Waals surface area contributed by atoms with E-state index in [2.05, 4.69) is 86.7 Å². The van der Waals surface area contributed by atoms with Gasteiger partial charge in [0.1, 0.15) is 0 Å². The number of allylic oxidation sites excluding steroid dienone is 5. The van der Waals surface area contributed by atoms with E-state index in [-0.39, 0.29) is 0 Å². The lowest BCUT2D eigenvalue weighted by Crippen LogP contribution is -1.92. The molecule has 2 heterocycles. The Morgan fingerprint density at radius 3 is 1.44 bits per heavy atom. The maximum Gasteiger partial charge on any atom is 0.0565 e. The molecule has 124 valence electrons. The van der Waals surface area contributed by atoms with Crippen LogP contribution in [0.25, 0.3) is 9.81 Å². The molecule has 0 unspecified atom stereocenters. The van der Waals surface area contributed by atoms with E-state index in [0.29, 0.717) is 0 Å². The van der Waals surface area contributed by atoms with Crippen LogP contribution in [-0.4, -0.2) is 0 Å². The minimum absolute atomic E-state index is 1.28. The van der Waals surface area contributed by atoms with Crippen LogP contribution in [0.5, 0.6) is 0 Å². The number of hydrogen-bond donors (Lipinski definition) is 0. The van der Waals surface area contributed by atoms with Gasteiger partial charge in [-0.2, -0.15) is 0 Å². The van der Waals surface area contributed by atoms with Crippen LogP contribution in [0.15, 0.2) is 92.4 Å². The van der Waals surface area contributed by atoms with Gasteiger partial charge in [0.2, 0.25) is 0 Å². The van der Waals surface area contributed by atoms with Crippen LogP contribution >= 0.6 is 35.3 Å². The fraction of sp³-hybridized carbons (Fsp3) is 0.0909. The predicted molar refractivity (Wildman–Crippen MR) is 117 cm³/mol. The van der Waals surface area contributed by atoms with Crippen LogP contribution in [0.1, 0.15) is 25.0 Å². The van der Waals surface area contributed by atoms with Crippen molar-refractivity contribution in [2.24, 2.45) is 0 Å². The molecular weight excluding hydrogens is 360 g/mol. The lowest BCUT2D eigenvalue weighted by molar-refractivity contribution is 1.57. The minimum Gasteiger partial charge on any atom is -0.0888 e. The Bertz CT molecular complexity index is 843. The molecule has 3 heteroatoms. The van der Waals surface area contributed by atoms with Crippen molar-refractivity contribution in [3.05, 3.63) is 104 Å². The van der Waals surface area contributed by atoms with Gasteiger partial charge < -0.3 is 0 Å². The Morgan fingerprint density at radius 2 is 1.00 bits per heavy atom. The third-order valence-corrected chi connectivity index (χ3v) is 7.98. The van der Waals surface area contributed by atoms with Gasteiger partial charge in [-0.25, -0.2) is 0 Å². The van der Waals surface area contributed by atoms with Gasteiger partial charge in [-0.1, -0.05) is 95.9 Å². The molecule has 0 spiro atoms. The Labute approximate surface area is 162 Å². The SMILES string of the molecule is CC1=C(C)SC(=C2C=C(c3ccccc3)SC(c3ccccc3)=C2)S1. The van der Waals surface area contributed by atoms with Crippen LogP contribution in [-0.2, 0) is 0 Å². The van der Waals surface area contributed by atoms with Crippen molar-refractivity contribution in [1.82, 2.24) is 0 Å². The average molecular weight is 379 g/mol. The van der Waals surface area contributed by atoms with Gasteiger partial charge in [0, 0.05) is 9.81 Å². The monoisotopic (exact) mass is 378 g/mol. The van der Waals surface area contributed by atoms with Gasteiger partial charge in [0.25, 0.3) is 0 Å². The third kappa shape index (κ3) is 3.69. The van der Waals surface area contributed by atoms with E-state index in [1.54, 1.807) is 0 Å². The Balaban J connectivity index is 1.79. The van der Waals surface area contributed by atoms with Crippen molar-refractivity contribution in [1.29, 1.82) is 0 Å². The molecule has 2 aromatic carbocycles. The minimum atomic E-state index is 1.28. The van der Waals surface area contributed by atoms with Crippen LogP contribution in [0, 0.1) is 0 Å². The van der Waals surface area contributed by atoms with E-state index < -0.39 is 0 Å². The number of hydrogen-bond acceptors (Lipinski definition) is 3. The molecule has 25 heavy (non-hydrogen) atoms. The second kappa shape index (κ2) is 7.36. The molecule has 0 bridgehead atoms. The maximum absolute atomic E-state index is 2.34. The summed E-state index contributed by atoms with van der Waals surface area (Å²) < 4.78 is 1.39. The van der Waals surface area contributed by atoms with Gasteiger partial charge in [-0.3, -0.25) is 0 Å². The Kier molecular flexibility index (Phi) is 4.98.